The fourth-order valence-electron chi connectivity index (χ4n) is 3.28. The second-order valence-corrected chi connectivity index (χ2v) is 7.31. The van der Waals surface area contributed by atoms with Crippen molar-refractivity contribution in [1.82, 2.24) is 9.97 Å². The fourth-order valence-corrected chi connectivity index (χ4v) is 3.28. The minimum Gasteiger partial charge on any atom is -0.492 e. The number of fused-ring (bicyclic) bond motifs is 1. The highest BCUT2D eigenvalue weighted by Gasteiger charge is 2.11. The number of carbonyl (C=O) groups is 2. The summed E-state index contributed by atoms with van der Waals surface area (Å²) in [6, 6.07) is 20.1. The van der Waals surface area contributed by atoms with Gasteiger partial charge in [0.1, 0.15) is 5.75 Å². The highest BCUT2D eigenvalue weighted by Crippen LogP contribution is 2.24. The van der Waals surface area contributed by atoms with Crippen molar-refractivity contribution in [1.29, 1.82) is 0 Å². The summed E-state index contributed by atoms with van der Waals surface area (Å²) in [5, 5.41) is 2.87. The van der Waals surface area contributed by atoms with Crippen LogP contribution in [0.2, 0.25) is 0 Å². The molecular weight excluding hydrogens is 402 g/mol. The van der Waals surface area contributed by atoms with Crippen molar-refractivity contribution in [2.24, 2.45) is 0 Å². The first-order valence-corrected chi connectivity index (χ1v) is 10.4. The number of ether oxygens (including phenoxy) is 1. The molecule has 0 atom stereocenters. The van der Waals surface area contributed by atoms with Crippen LogP contribution < -0.4 is 10.1 Å². The number of ketones is 1. The van der Waals surface area contributed by atoms with Crippen LogP contribution in [0.5, 0.6) is 5.75 Å². The van der Waals surface area contributed by atoms with Gasteiger partial charge in [0, 0.05) is 5.56 Å². The molecule has 1 heterocycles. The van der Waals surface area contributed by atoms with Crippen LogP contribution in [0.1, 0.15) is 39.0 Å². The smallest absolute Gasteiger partial charge is 0.255 e. The van der Waals surface area contributed by atoms with Crippen molar-refractivity contribution in [3.8, 4) is 5.75 Å². The first-order chi connectivity index (χ1) is 15.5. The zero-order valence-electron chi connectivity index (χ0n) is 17.9. The van der Waals surface area contributed by atoms with Gasteiger partial charge in [-0.3, -0.25) is 9.59 Å². The summed E-state index contributed by atoms with van der Waals surface area (Å²) in [5.74, 6) is 0.475. The Labute approximate surface area is 186 Å². The van der Waals surface area contributed by atoms with Gasteiger partial charge in [0.15, 0.2) is 5.82 Å². The molecule has 0 unspecified atom stereocenters. The van der Waals surface area contributed by atoms with Crippen LogP contribution in [-0.4, -0.2) is 28.3 Å². The molecule has 160 valence electrons. The second-order valence-electron chi connectivity index (χ2n) is 7.31. The van der Waals surface area contributed by atoms with E-state index in [1.165, 1.54) is 6.08 Å². The summed E-state index contributed by atoms with van der Waals surface area (Å²) in [6.07, 6.45) is 3.17. The lowest BCUT2D eigenvalue weighted by atomic mass is 10.1. The first kappa shape index (κ1) is 21.1. The van der Waals surface area contributed by atoms with Crippen LogP contribution in [0, 0.1) is 6.92 Å². The number of nitrogens with zero attached hydrogens (tertiary/aromatic N) is 1. The maximum atomic E-state index is 12.6. The van der Waals surface area contributed by atoms with E-state index in [1.54, 1.807) is 36.4 Å². The Balaban J connectivity index is 1.43. The molecule has 4 rings (SSSR count). The molecule has 0 aliphatic heterocycles. The molecule has 0 aliphatic rings. The Kier molecular flexibility index (Phi) is 6.12. The molecule has 0 aliphatic carbocycles. The van der Waals surface area contributed by atoms with Crippen LogP contribution in [0.4, 0.5) is 5.69 Å². The zero-order chi connectivity index (χ0) is 22.5. The quantitative estimate of drug-likeness (QED) is 0.306. The van der Waals surface area contributed by atoms with E-state index in [1.807, 2.05) is 50.2 Å². The van der Waals surface area contributed by atoms with Crippen molar-refractivity contribution < 1.29 is 14.3 Å². The number of hydrogen-bond donors (Lipinski definition) is 2. The van der Waals surface area contributed by atoms with Crippen LogP contribution in [-0.2, 0) is 0 Å². The number of hydrogen-bond acceptors (Lipinski definition) is 4. The molecule has 1 aromatic heterocycles. The Hall–Kier alpha value is -4.19. The summed E-state index contributed by atoms with van der Waals surface area (Å²) < 4.78 is 5.55. The number of anilines is 1. The maximum absolute atomic E-state index is 12.6. The standard InChI is InChI=1S/C26H23N3O3/c1-3-32-24-7-5-4-6-21(24)29-26(31)19-12-9-18(10-13-19)11-15-23(30)25-27-20-14-8-17(2)16-22(20)28-25/h4-16H,3H2,1-2H3,(H,27,28)(H,29,31). The van der Waals surface area contributed by atoms with E-state index in [9.17, 15) is 9.59 Å². The van der Waals surface area contributed by atoms with E-state index in [2.05, 4.69) is 15.3 Å². The summed E-state index contributed by atoms with van der Waals surface area (Å²) in [5.41, 5.74) is 4.62. The van der Waals surface area contributed by atoms with Crippen LogP contribution >= 0.6 is 0 Å². The number of amides is 1. The third-order valence-corrected chi connectivity index (χ3v) is 4.91. The number of aryl methyl sites for hydroxylation is 1. The average Bonchev–Trinajstić information content (AvgIpc) is 3.22. The molecule has 0 saturated carbocycles. The fraction of sp³-hybridized carbons (Fsp3) is 0.115. The van der Waals surface area contributed by atoms with Crippen LogP contribution in [0.3, 0.4) is 0 Å². The SMILES string of the molecule is CCOc1ccccc1NC(=O)c1ccc(C=CC(=O)c2nc3ccc(C)cc3[nH]2)cc1. The topological polar surface area (TPSA) is 84.1 Å². The third-order valence-electron chi connectivity index (χ3n) is 4.91. The van der Waals surface area contributed by atoms with Gasteiger partial charge in [0.2, 0.25) is 5.78 Å². The van der Waals surface area contributed by atoms with Crippen molar-refractivity contribution in [2.45, 2.75) is 13.8 Å². The predicted molar refractivity (Wildman–Crippen MR) is 126 cm³/mol. The number of carbonyl (C=O) groups excluding carboxylic acids is 2. The molecule has 2 N–H and O–H groups in total. The van der Waals surface area contributed by atoms with Gasteiger partial charge < -0.3 is 15.0 Å². The van der Waals surface area contributed by atoms with E-state index in [4.69, 9.17) is 4.74 Å². The van der Waals surface area contributed by atoms with Gasteiger partial charge in [-0.15, -0.1) is 0 Å². The molecule has 0 spiro atoms. The van der Waals surface area contributed by atoms with Crippen molar-refractivity contribution >= 4 is 34.5 Å². The molecule has 0 fully saturated rings. The van der Waals surface area contributed by atoms with Crippen molar-refractivity contribution in [3.05, 3.63) is 95.3 Å². The summed E-state index contributed by atoms with van der Waals surface area (Å²) in [4.78, 5) is 32.5. The molecule has 32 heavy (non-hydrogen) atoms. The van der Waals surface area contributed by atoms with Crippen LogP contribution in [0.25, 0.3) is 17.1 Å². The van der Waals surface area contributed by atoms with Gasteiger partial charge in [-0.2, -0.15) is 0 Å². The summed E-state index contributed by atoms with van der Waals surface area (Å²) in [7, 11) is 0. The molecular formula is C26H23N3O3. The van der Waals surface area contributed by atoms with Gasteiger partial charge in [-0.1, -0.05) is 36.4 Å². The Morgan fingerprint density at radius 1 is 1.06 bits per heavy atom. The molecule has 0 saturated heterocycles. The van der Waals surface area contributed by atoms with Gasteiger partial charge in [0.05, 0.1) is 23.3 Å². The van der Waals surface area contributed by atoms with Crippen molar-refractivity contribution in [3.63, 3.8) is 0 Å². The molecule has 1 amide bonds. The summed E-state index contributed by atoms with van der Waals surface area (Å²) >= 11 is 0. The van der Waals surface area contributed by atoms with Gasteiger partial charge in [-0.05, 0) is 67.4 Å². The lowest BCUT2D eigenvalue weighted by molar-refractivity contribution is 0.102. The van der Waals surface area contributed by atoms with Gasteiger partial charge in [-0.25, -0.2) is 4.98 Å². The largest absolute Gasteiger partial charge is 0.492 e. The van der Waals surface area contributed by atoms with E-state index in [0.29, 0.717) is 29.4 Å². The molecule has 3 aromatic carbocycles. The number of benzene rings is 3. The molecule has 6 heteroatoms. The third kappa shape index (κ3) is 4.75. The minimum atomic E-state index is -0.235. The molecule has 0 bridgehead atoms. The number of nitrogens with one attached hydrogen (secondary N) is 2. The van der Waals surface area contributed by atoms with Gasteiger partial charge in [0.25, 0.3) is 5.91 Å². The normalized spacial score (nSPS) is 11.1. The average molecular weight is 425 g/mol. The number of aromatic nitrogens is 2. The maximum Gasteiger partial charge on any atom is 0.255 e. The molecule has 6 nitrogen and oxygen atoms in total. The van der Waals surface area contributed by atoms with E-state index in [-0.39, 0.29) is 11.7 Å². The highest BCUT2D eigenvalue weighted by molar-refractivity contribution is 6.06. The zero-order valence-corrected chi connectivity index (χ0v) is 17.9. The highest BCUT2D eigenvalue weighted by atomic mass is 16.5. The number of aromatic amines is 1. The van der Waals surface area contributed by atoms with Gasteiger partial charge >= 0.3 is 0 Å². The lowest BCUT2D eigenvalue weighted by Crippen LogP contribution is -2.12. The minimum absolute atomic E-state index is 0.215. The second kappa shape index (κ2) is 9.31. The Morgan fingerprint density at radius 3 is 2.62 bits per heavy atom. The predicted octanol–water partition coefficient (Wildman–Crippen LogP) is 5.42. The molecule has 4 aromatic rings. The first-order valence-electron chi connectivity index (χ1n) is 10.4. The Morgan fingerprint density at radius 2 is 1.84 bits per heavy atom. The Bertz CT molecular complexity index is 1300. The number of rotatable bonds is 7. The summed E-state index contributed by atoms with van der Waals surface area (Å²) in [6.45, 7) is 4.40. The lowest BCUT2D eigenvalue weighted by Gasteiger charge is -2.11. The number of allylic oxidation sites excluding steroid dienone is 1. The number of H-pyrrole nitrogens is 1. The van der Waals surface area contributed by atoms with E-state index >= 15 is 0 Å². The van der Waals surface area contributed by atoms with Crippen molar-refractivity contribution in [2.75, 3.05) is 11.9 Å². The number of para-hydroxylation sites is 2. The molecule has 0 radical (unpaired) electrons. The van der Waals surface area contributed by atoms with Crippen LogP contribution in [0.15, 0.2) is 72.8 Å². The van der Waals surface area contributed by atoms with E-state index in [0.717, 1.165) is 22.2 Å². The monoisotopic (exact) mass is 425 g/mol. The number of imidazole rings is 1. The van der Waals surface area contributed by atoms with E-state index < -0.39 is 0 Å².